The van der Waals surface area contributed by atoms with Gasteiger partial charge in [0.25, 0.3) is 0 Å². The van der Waals surface area contributed by atoms with E-state index in [1.165, 1.54) is 0 Å². The quantitative estimate of drug-likeness (QED) is 0.778. The molecule has 0 bridgehead atoms. The highest BCUT2D eigenvalue weighted by Gasteiger charge is 2.08. The fraction of sp³-hybridized carbons (Fsp3) is 0.0769. The van der Waals surface area contributed by atoms with Crippen molar-refractivity contribution in [3.05, 3.63) is 40.4 Å². The number of aromatic nitrogens is 2. The first kappa shape index (κ1) is 12.4. The van der Waals surface area contributed by atoms with Crippen LogP contribution in [-0.4, -0.2) is 17.1 Å². The molecule has 3 aromatic rings. The molecule has 0 saturated carbocycles. The molecule has 0 amide bonds. The summed E-state index contributed by atoms with van der Waals surface area (Å²) in [6.45, 7) is 0. The Bertz CT molecular complexity index is 729. The first-order chi connectivity index (χ1) is 9.26. The molecule has 2 heterocycles. The molecule has 0 saturated heterocycles. The van der Waals surface area contributed by atoms with Crippen molar-refractivity contribution in [3.63, 3.8) is 0 Å². The number of benzene rings is 1. The van der Waals surface area contributed by atoms with Gasteiger partial charge in [-0.15, -0.1) is 11.3 Å². The Balaban J connectivity index is 2.00. The number of hydrogen-bond acceptors (Lipinski definition) is 5. The molecule has 0 radical (unpaired) electrons. The van der Waals surface area contributed by atoms with E-state index in [1.807, 2.05) is 30.3 Å². The Labute approximate surface area is 122 Å². The second-order valence-electron chi connectivity index (χ2n) is 3.84. The van der Waals surface area contributed by atoms with Gasteiger partial charge >= 0.3 is 0 Å². The number of anilines is 2. The molecular weight excluding hydrogens is 326 g/mol. The van der Waals surface area contributed by atoms with Crippen molar-refractivity contribution in [2.75, 3.05) is 12.4 Å². The lowest BCUT2D eigenvalue weighted by molar-refractivity contribution is 0.415. The van der Waals surface area contributed by atoms with Gasteiger partial charge in [-0.05, 0) is 34.1 Å². The van der Waals surface area contributed by atoms with Gasteiger partial charge in [-0.1, -0.05) is 6.07 Å². The van der Waals surface area contributed by atoms with Crippen LogP contribution < -0.4 is 10.1 Å². The SMILES string of the molecule is COc1cccc(Nc2ncnc3cc(Br)sc23)c1. The minimum atomic E-state index is 0.800. The zero-order valence-electron chi connectivity index (χ0n) is 10.1. The van der Waals surface area contributed by atoms with E-state index in [0.717, 1.165) is 31.3 Å². The average molecular weight is 336 g/mol. The van der Waals surface area contributed by atoms with Crippen molar-refractivity contribution in [1.82, 2.24) is 9.97 Å². The van der Waals surface area contributed by atoms with E-state index >= 15 is 0 Å². The number of thiophene rings is 1. The third-order valence-electron chi connectivity index (χ3n) is 2.61. The van der Waals surface area contributed by atoms with Crippen molar-refractivity contribution < 1.29 is 4.74 Å². The van der Waals surface area contributed by atoms with Crippen LogP contribution in [0.5, 0.6) is 5.75 Å². The summed E-state index contributed by atoms with van der Waals surface area (Å²) in [4.78, 5) is 8.54. The molecule has 3 rings (SSSR count). The van der Waals surface area contributed by atoms with E-state index in [9.17, 15) is 0 Å². The molecule has 0 aliphatic heterocycles. The van der Waals surface area contributed by atoms with Crippen LogP contribution in [0, 0.1) is 0 Å². The van der Waals surface area contributed by atoms with Gasteiger partial charge in [0.1, 0.15) is 12.1 Å². The molecule has 6 heteroatoms. The lowest BCUT2D eigenvalue weighted by Crippen LogP contribution is -1.94. The summed E-state index contributed by atoms with van der Waals surface area (Å²) in [5.41, 5.74) is 1.86. The normalized spacial score (nSPS) is 10.6. The Morgan fingerprint density at radius 1 is 1.26 bits per heavy atom. The van der Waals surface area contributed by atoms with Gasteiger partial charge in [-0.25, -0.2) is 9.97 Å². The van der Waals surface area contributed by atoms with Crippen LogP contribution in [0.3, 0.4) is 0 Å². The highest BCUT2D eigenvalue weighted by atomic mass is 79.9. The Hall–Kier alpha value is -1.66. The monoisotopic (exact) mass is 335 g/mol. The third kappa shape index (κ3) is 2.54. The number of halogens is 1. The van der Waals surface area contributed by atoms with Gasteiger partial charge in [0.2, 0.25) is 0 Å². The molecule has 0 atom stereocenters. The van der Waals surface area contributed by atoms with Gasteiger partial charge < -0.3 is 10.1 Å². The third-order valence-corrected chi connectivity index (χ3v) is 4.25. The van der Waals surface area contributed by atoms with E-state index < -0.39 is 0 Å². The number of methoxy groups -OCH3 is 1. The van der Waals surface area contributed by atoms with Gasteiger partial charge in [-0.3, -0.25) is 0 Å². The molecule has 2 aromatic heterocycles. The zero-order chi connectivity index (χ0) is 13.2. The molecule has 1 aromatic carbocycles. The smallest absolute Gasteiger partial charge is 0.151 e. The van der Waals surface area contributed by atoms with Crippen LogP contribution in [0.1, 0.15) is 0 Å². The van der Waals surface area contributed by atoms with E-state index in [-0.39, 0.29) is 0 Å². The zero-order valence-corrected chi connectivity index (χ0v) is 12.5. The Morgan fingerprint density at radius 2 is 2.16 bits per heavy atom. The van der Waals surface area contributed by atoms with Crippen molar-refractivity contribution >= 4 is 49.0 Å². The van der Waals surface area contributed by atoms with Crippen LogP contribution in [0.25, 0.3) is 10.2 Å². The molecule has 0 spiro atoms. The van der Waals surface area contributed by atoms with Crippen LogP contribution in [0.15, 0.2) is 40.4 Å². The first-order valence-electron chi connectivity index (χ1n) is 5.57. The van der Waals surface area contributed by atoms with Crippen molar-refractivity contribution in [3.8, 4) is 5.75 Å². The number of nitrogens with one attached hydrogen (secondary N) is 1. The topological polar surface area (TPSA) is 47.0 Å². The van der Waals surface area contributed by atoms with Crippen LogP contribution >= 0.6 is 27.3 Å². The molecule has 4 nitrogen and oxygen atoms in total. The summed E-state index contributed by atoms with van der Waals surface area (Å²) in [5, 5.41) is 3.29. The predicted octanol–water partition coefficient (Wildman–Crippen LogP) is 4.21. The molecule has 0 aliphatic rings. The van der Waals surface area contributed by atoms with Gasteiger partial charge in [0, 0.05) is 11.8 Å². The van der Waals surface area contributed by atoms with Crippen LogP contribution in [0.4, 0.5) is 11.5 Å². The second-order valence-corrected chi connectivity index (χ2v) is 6.28. The van der Waals surface area contributed by atoms with E-state index in [4.69, 9.17) is 4.74 Å². The fourth-order valence-corrected chi connectivity index (χ4v) is 3.24. The molecule has 1 N–H and O–H groups in total. The van der Waals surface area contributed by atoms with Crippen molar-refractivity contribution in [2.45, 2.75) is 0 Å². The van der Waals surface area contributed by atoms with Gasteiger partial charge in [0.15, 0.2) is 5.82 Å². The largest absolute Gasteiger partial charge is 0.497 e. The number of hydrogen-bond donors (Lipinski definition) is 1. The minimum absolute atomic E-state index is 0.800. The Morgan fingerprint density at radius 3 is 3.00 bits per heavy atom. The summed E-state index contributed by atoms with van der Waals surface area (Å²) in [5.74, 6) is 1.61. The molecule has 0 aliphatic carbocycles. The number of nitrogens with zero attached hydrogens (tertiary/aromatic N) is 2. The maximum absolute atomic E-state index is 5.21. The summed E-state index contributed by atoms with van der Waals surface area (Å²) < 4.78 is 7.27. The van der Waals surface area contributed by atoms with E-state index in [0.29, 0.717) is 0 Å². The standard InChI is InChI=1S/C13H10BrN3OS/c1-18-9-4-2-3-8(5-9)17-13-12-10(15-7-16-13)6-11(14)19-12/h2-7H,1H3,(H,15,16,17). The summed E-state index contributed by atoms with van der Waals surface area (Å²) in [6.07, 6.45) is 1.56. The molecule has 0 fully saturated rings. The number of rotatable bonds is 3. The highest BCUT2D eigenvalue weighted by Crippen LogP contribution is 2.33. The second kappa shape index (κ2) is 5.14. The summed E-state index contributed by atoms with van der Waals surface area (Å²) in [6, 6.07) is 9.72. The predicted molar refractivity (Wildman–Crippen MR) is 81.4 cm³/mol. The van der Waals surface area contributed by atoms with Gasteiger partial charge in [0.05, 0.1) is 21.1 Å². The highest BCUT2D eigenvalue weighted by molar-refractivity contribution is 9.11. The molecule has 0 unspecified atom stereocenters. The lowest BCUT2D eigenvalue weighted by atomic mass is 10.3. The van der Waals surface area contributed by atoms with Crippen LogP contribution in [-0.2, 0) is 0 Å². The van der Waals surface area contributed by atoms with Crippen molar-refractivity contribution in [2.24, 2.45) is 0 Å². The average Bonchev–Trinajstić information content (AvgIpc) is 2.80. The van der Waals surface area contributed by atoms with Gasteiger partial charge in [-0.2, -0.15) is 0 Å². The summed E-state index contributed by atoms with van der Waals surface area (Å²) >= 11 is 5.08. The molecular formula is C13H10BrN3OS. The fourth-order valence-electron chi connectivity index (χ4n) is 1.75. The first-order valence-corrected chi connectivity index (χ1v) is 7.18. The van der Waals surface area contributed by atoms with Crippen LogP contribution in [0.2, 0.25) is 0 Å². The molecule has 19 heavy (non-hydrogen) atoms. The Kier molecular flexibility index (Phi) is 3.35. The van der Waals surface area contributed by atoms with Crippen molar-refractivity contribution in [1.29, 1.82) is 0 Å². The number of ether oxygens (including phenoxy) is 1. The summed E-state index contributed by atoms with van der Waals surface area (Å²) in [7, 11) is 1.65. The lowest BCUT2D eigenvalue weighted by Gasteiger charge is -2.07. The molecule has 96 valence electrons. The maximum atomic E-state index is 5.21. The minimum Gasteiger partial charge on any atom is -0.497 e. The maximum Gasteiger partial charge on any atom is 0.151 e. The van der Waals surface area contributed by atoms with E-state index in [1.54, 1.807) is 24.8 Å². The van der Waals surface area contributed by atoms with E-state index in [2.05, 4.69) is 31.2 Å². The number of fused-ring (bicyclic) bond motifs is 1.